The number of nitrogens with zero attached hydrogens (tertiary/aromatic N) is 3. The Morgan fingerprint density at radius 1 is 1.19 bits per heavy atom. The van der Waals surface area contributed by atoms with E-state index in [1.54, 1.807) is 5.51 Å². The van der Waals surface area contributed by atoms with Crippen LogP contribution in [0, 0.1) is 11.8 Å². The quantitative estimate of drug-likeness (QED) is 0.477. The maximum atomic E-state index is 12.8. The number of hydrogen-bond acceptors (Lipinski definition) is 5. The SMILES string of the molecule is CC(C)CCCC(C)CCOC(=O)n1c(-c2cscn2)nc2ccccc21. The molecule has 0 aliphatic heterocycles. The summed E-state index contributed by atoms with van der Waals surface area (Å²) in [7, 11) is 0. The Morgan fingerprint density at radius 3 is 2.74 bits per heavy atom. The van der Waals surface area contributed by atoms with E-state index in [1.807, 2.05) is 29.6 Å². The number of imidazole rings is 1. The van der Waals surface area contributed by atoms with Crippen LogP contribution in [0.4, 0.5) is 4.79 Å². The van der Waals surface area contributed by atoms with Gasteiger partial charge in [0.25, 0.3) is 0 Å². The fraction of sp³-hybridized carbons (Fsp3) is 0.476. The lowest BCUT2D eigenvalue weighted by molar-refractivity contribution is 0.141. The Labute approximate surface area is 164 Å². The molecule has 0 saturated heterocycles. The van der Waals surface area contributed by atoms with Crippen LogP contribution in [0.3, 0.4) is 0 Å². The summed E-state index contributed by atoms with van der Waals surface area (Å²) in [5, 5.41) is 1.89. The van der Waals surface area contributed by atoms with E-state index in [2.05, 4.69) is 30.7 Å². The predicted molar refractivity (Wildman–Crippen MR) is 110 cm³/mol. The minimum absolute atomic E-state index is 0.388. The number of rotatable bonds is 8. The molecule has 0 amide bonds. The van der Waals surface area contributed by atoms with Crippen molar-refractivity contribution in [2.45, 2.75) is 46.5 Å². The van der Waals surface area contributed by atoms with E-state index in [0.717, 1.165) is 23.4 Å². The second kappa shape index (κ2) is 9.13. The van der Waals surface area contributed by atoms with E-state index in [4.69, 9.17) is 4.74 Å². The predicted octanol–water partition coefficient (Wildman–Crippen LogP) is 6.00. The number of benzene rings is 1. The van der Waals surface area contributed by atoms with Gasteiger partial charge in [-0.25, -0.2) is 19.3 Å². The van der Waals surface area contributed by atoms with Crippen LogP contribution in [0.1, 0.15) is 46.5 Å². The molecule has 0 aliphatic rings. The monoisotopic (exact) mass is 385 g/mol. The summed E-state index contributed by atoms with van der Waals surface area (Å²) >= 11 is 1.48. The molecule has 1 unspecified atom stereocenters. The number of aromatic nitrogens is 3. The van der Waals surface area contributed by atoms with Crippen molar-refractivity contribution in [1.82, 2.24) is 14.5 Å². The third-order valence-corrected chi connectivity index (χ3v) is 5.31. The van der Waals surface area contributed by atoms with Gasteiger partial charge in [-0.1, -0.05) is 52.2 Å². The molecular formula is C21H27N3O2S. The number of thiazole rings is 1. The van der Waals surface area contributed by atoms with Crippen LogP contribution in [-0.2, 0) is 4.74 Å². The smallest absolute Gasteiger partial charge is 0.420 e. The highest BCUT2D eigenvalue weighted by Gasteiger charge is 2.20. The minimum atomic E-state index is -0.388. The normalized spacial score (nSPS) is 12.6. The summed E-state index contributed by atoms with van der Waals surface area (Å²) in [6.45, 7) is 7.15. The molecule has 0 bridgehead atoms. The molecule has 6 heteroatoms. The average molecular weight is 386 g/mol. The van der Waals surface area contributed by atoms with Crippen LogP contribution in [0.2, 0.25) is 0 Å². The summed E-state index contributed by atoms with van der Waals surface area (Å²) in [4.78, 5) is 21.7. The maximum Gasteiger partial charge on any atom is 0.420 e. The zero-order chi connectivity index (χ0) is 19.2. The van der Waals surface area contributed by atoms with Crippen LogP contribution in [0.25, 0.3) is 22.6 Å². The van der Waals surface area contributed by atoms with Crippen molar-refractivity contribution < 1.29 is 9.53 Å². The number of fused-ring (bicyclic) bond motifs is 1. The lowest BCUT2D eigenvalue weighted by Gasteiger charge is -2.13. The molecule has 0 fully saturated rings. The molecule has 144 valence electrons. The van der Waals surface area contributed by atoms with E-state index < -0.39 is 0 Å². The summed E-state index contributed by atoms with van der Waals surface area (Å²) in [6.07, 6.45) is 4.15. The van der Waals surface area contributed by atoms with Crippen molar-refractivity contribution in [2.75, 3.05) is 6.61 Å². The molecule has 3 aromatic rings. The number of carbonyl (C=O) groups excluding carboxylic acids is 1. The van der Waals surface area contributed by atoms with Crippen molar-refractivity contribution in [3.63, 3.8) is 0 Å². The van der Waals surface area contributed by atoms with Crippen molar-refractivity contribution >= 4 is 28.5 Å². The van der Waals surface area contributed by atoms with Crippen LogP contribution in [0.15, 0.2) is 35.2 Å². The van der Waals surface area contributed by atoms with Gasteiger partial charge in [0.05, 0.1) is 23.2 Å². The molecule has 2 heterocycles. The molecule has 0 aliphatic carbocycles. The third-order valence-electron chi connectivity index (χ3n) is 4.72. The molecule has 0 radical (unpaired) electrons. The van der Waals surface area contributed by atoms with Gasteiger partial charge in [0, 0.05) is 5.38 Å². The van der Waals surface area contributed by atoms with Crippen LogP contribution < -0.4 is 0 Å². The first-order valence-corrected chi connectivity index (χ1v) is 10.5. The van der Waals surface area contributed by atoms with Crippen molar-refractivity contribution in [3.05, 3.63) is 35.2 Å². The first-order chi connectivity index (χ1) is 13.1. The minimum Gasteiger partial charge on any atom is -0.449 e. The first-order valence-electron chi connectivity index (χ1n) is 9.59. The maximum absolute atomic E-state index is 12.8. The number of ether oxygens (including phenoxy) is 1. The highest BCUT2D eigenvalue weighted by atomic mass is 32.1. The first kappa shape index (κ1) is 19.5. The third kappa shape index (κ3) is 4.95. The fourth-order valence-electron chi connectivity index (χ4n) is 3.14. The van der Waals surface area contributed by atoms with Gasteiger partial charge in [0.1, 0.15) is 5.69 Å². The number of hydrogen-bond donors (Lipinski definition) is 0. The molecule has 0 spiro atoms. The Morgan fingerprint density at radius 2 is 2.00 bits per heavy atom. The second-order valence-electron chi connectivity index (χ2n) is 7.47. The molecule has 0 N–H and O–H groups in total. The highest BCUT2D eigenvalue weighted by molar-refractivity contribution is 7.07. The lowest BCUT2D eigenvalue weighted by Crippen LogP contribution is -2.16. The van der Waals surface area contributed by atoms with E-state index >= 15 is 0 Å². The molecule has 1 atom stereocenters. The Bertz CT molecular complexity index is 871. The standard InChI is InChI=1S/C21H27N3O2S/c1-15(2)7-6-8-16(3)11-12-26-21(25)24-19-10-5-4-9-17(19)23-20(24)18-13-27-14-22-18/h4-5,9-10,13-16H,6-8,11-12H2,1-3H3. The van der Waals surface area contributed by atoms with Gasteiger partial charge in [-0.2, -0.15) is 0 Å². The van der Waals surface area contributed by atoms with Gasteiger partial charge in [-0.05, 0) is 30.4 Å². The van der Waals surface area contributed by atoms with Crippen LogP contribution >= 0.6 is 11.3 Å². The van der Waals surface area contributed by atoms with Gasteiger partial charge >= 0.3 is 6.09 Å². The summed E-state index contributed by atoms with van der Waals surface area (Å²) < 4.78 is 7.13. The van der Waals surface area contributed by atoms with Crippen molar-refractivity contribution in [3.8, 4) is 11.5 Å². The Hall–Kier alpha value is -2.21. The van der Waals surface area contributed by atoms with Gasteiger partial charge < -0.3 is 4.74 Å². The van der Waals surface area contributed by atoms with Gasteiger partial charge in [0.15, 0.2) is 5.82 Å². The second-order valence-corrected chi connectivity index (χ2v) is 8.18. The van der Waals surface area contributed by atoms with E-state index in [-0.39, 0.29) is 6.09 Å². The fourth-order valence-corrected chi connectivity index (χ4v) is 3.67. The molecule has 27 heavy (non-hydrogen) atoms. The molecule has 1 aromatic carbocycles. The molecular weight excluding hydrogens is 358 g/mol. The average Bonchev–Trinajstić information content (AvgIpc) is 3.28. The topological polar surface area (TPSA) is 57.0 Å². The summed E-state index contributed by atoms with van der Waals surface area (Å²) in [6, 6.07) is 7.59. The zero-order valence-electron chi connectivity index (χ0n) is 16.2. The summed E-state index contributed by atoms with van der Waals surface area (Å²) in [5.74, 6) is 1.83. The number of carbonyl (C=O) groups is 1. The van der Waals surface area contributed by atoms with E-state index in [1.165, 1.54) is 35.2 Å². The zero-order valence-corrected chi connectivity index (χ0v) is 17.0. The largest absolute Gasteiger partial charge is 0.449 e. The molecule has 0 saturated carbocycles. The highest BCUT2D eigenvalue weighted by Crippen LogP contribution is 2.25. The Balaban J connectivity index is 1.66. The van der Waals surface area contributed by atoms with E-state index in [9.17, 15) is 4.79 Å². The summed E-state index contributed by atoms with van der Waals surface area (Å²) in [5.41, 5.74) is 3.94. The van der Waals surface area contributed by atoms with Gasteiger partial charge in [-0.3, -0.25) is 0 Å². The number of para-hydroxylation sites is 2. The lowest BCUT2D eigenvalue weighted by atomic mass is 9.98. The van der Waals surface area contributed by atoms with Crippen molar-refractivity contribution in [1.29, 1.82) is 0 Å². The van der Waals surface area contributed by atoms with Crippen LogP contribution in [-0.4, -0.2) is 27.2 Å². The van der Waals surface area contributed by atoms with Crippen LogP contribution in [0.5, 0.6) is 0 Å². The Kier molecular flexibility index (Phi) is 6.61. The molecule has 3 rings (SSSR count). The van der Waals surface area contributed by atoms with Gasteiger partial charge in [-0.15, -0.1) is 11.3 Å². The molecule has 5 nitrogen and oxygen atoms in total. The molecule has 2 aromatic heterocycles. The van der Waals surface area contributed by atoms with E-state index in [0.29, 0.717) is 24.0 Å². The van der Waals surface area contributed by atoms with Crippen molar-refractivity contribution in [2.24, 2.45) is 11.8 Å². The van der Waals surface area contributed by atoms with Gasteiger partial charge in [0.2, 0.25) is 0 Å².